The summed E-state index contributed by atoms with van der Waals surface area (Å²) in [4.78, 5) is 33.3. The third-order valence-electron chi connectivity index (χ3n) is 4.62. The molecule has 3 heterocycles. The van der Waals surface area contributed by atoms with Gasteiger partial charge in [-0.25, -0.2) is 19.9 Å². The quantitative estimate of drug-likeness (QED) is 0.688. The van der Waals surface area contributed by atoms with Gasteiger partial charge in [0.15, 0.2) is 0 Å². The van der Waals surface area contributed by atoms with Crippen molar-refractivity contribution in [3.63, 3.8) is 0 Å². The predicted octanol–water partition coefficient (Wildman–Crippen LogP) is 2.17. The molecule has 0 spiro atoms. The molecule has 0 N–H and O–H groups in total. The summed E-state index contributed by atoms with van der Waals surface area (Å²) in [7, 11) is 0. The molecule has 1 fully saturated rings. The van der Waals surface area contributed by atoms with E-state index in [1.807, 2.05) is 26.0 Å². The van der Waals surface area contributed by atoms with Crippen LogP contribution in [0.5, 0.6) is 5.88 Å². The van der Waals surface area contributed by atoms with Crippen molar-refractivity contribution in [1.82, 2.24) is 24.8 Å². The second kappa shape index (κ2) is 7.75. The van der Waals surface area contributed by atoms with Crippen LogP contribution in [0.25, 0.3) is 10.9 Å². The van der Waals surface area contributed by atoms with Gasteiger partial charge >= 0.3 is 0 Å². The molecule has 8 nitrogen and oxygen atoms in total. The number of piperazine rings is 1. The Morgan fingerprint density at radius 1 is 1.04 bits per heavy atom. The normalized spacial score (nSPS) is 14.5. The molecule has 8 heteroatoms. The molecule has 3 aromatic rings. The number of fused-ring (bicyclic) bond motifs is 1. The van der Waals surface area contributed by atoms with E-state index in [1.54, 1.807) is 23.4 Å². The lowest BCUT2D eigenvalue weighted by Gasteiger charge is -2.35. The summed E-state index contributed by atoms with van der Waals surface area (Å²) in [5, 5.41) is 0.893. The second-order valence-electron chi connectivity index (χ2n) is 6.90. The average Bonchev–Trinajstić information content (AvgIpc) is 2.73. The summed E-state index contributed by atoms with van der Waals surface area (Å²) in [5.74, 6) is 0.714. The Hall–Kier alpha value is -3.29. The molecule has 1 aromatic carbocycles. The van der Waals surface area contributed by atoms with Gasteiger partial charge in [-0.2, -0.15) is 0 Å². The van der Waals surface area contributed by atoms with Gasteiger partial charge in [0.05, 0.1) is 17.0 Å². The molecule has 144 valence electrons. The predicted molar refractivity (Wildman–Crippen MR) is 105 cm³/mol. The van der Waals surface area contributed by atoms with Crippen LogP contribution in [0, 0.1) is 0 Å². The summed E-state index contributed by atoms with van der Waals surface area (Å²) in [5.41, 5.74) is 1.92. The van der Waals surface area contributed by atoms with Crippen molar-refractivity contribution in [3.8, 4) is 5.88 Å². The molecule has 1 saturated heterocycles. The van der Waals surface area contributed by atoms with Crippen molar-refractivity contribution < 1.29 is 9.53 Å². The number of benzene rings is 1. The monoisotopic (exact) mass is 378 g/mol. The number of aromatic nitrogens is 4. The standard InChI is InChI=1S/C20H22N6O2/c1-14(2)28-19-16-12-15(4-5-17(16)23-13-24-19)25-8-10-26(11-9-25)20(27)18-21-6-3-7-22-18/h3-7,12-14H,8-11H2,1-2H3. The first-order valence-electron chi connectivity index (χ1n) is 9.34. The van der Waals surface area contributed by atoms with E-state index in [2.05, 4.69) is 30.9 Å². The molecule has 2 aromatic heterocycles. The molecular formula is C20H22N6O2. The van der Waals surface area contributed by atoms with Gasteiger partial charge in [0.25, 0.3) is 5.91 Å². The van der Waals surface area contributed by atoms with Crippen molar-refractivity contribution in [2.24, 2.45) is 0 Å². The molecule has 1 amide bonds. The number of hydrogen-bond donors (Lipinski definition) is 0. The molecule has 4 rings (SSSR count). The summed E-state index contributed by atoms with van der Waals surface area (Å²) in [6.07, 6.45) is 4.74. The van der Waals surface area contributed by atoms with Crippen LogP contribution in [0.3, 0.4) is 0 Å². The van der Waals surface area contributed by atoms with Crippen molar-refractivity contribution in [2.75, 3.05) is 31.1 Å². The highest BCUT2D eigenvalue weighted by molar-refractivity contribution is 5.90. The van der Waals surface area contributed by atoms with Gasteiger partial charge < -0.3 is 14.5 Å². The van der Waals surface area contributed by atoms with Crippen LogP contribution in [0.2, 0.25) is 0 Å². The van der Waals surface area contributed by atoms with Gasteiger partial charge in [-0.15, -0.1) is 0 Å². The van der Waals surface area contributed by atoms with Gasteiger partial charge in [-0.3, -0.25) is 4.79 Å². The van der Waals surface area contributed by atoms with Crippen LogP contribution in [-0.4, -0.2) is 63.0 Å². The van der Waals surface area contributed by atoms with Crippen LogP contribution in [0.1, 0.15) is 24.5 Å². The second-order valence-corrected chi connectivity index (χ2v) is 6.90. The van der Waals surface area contributed by atoms with Crippen LogP contribution in [0.4, 0.5) is 5.69 Å². The van der Waals surface area contributed by atoms with E-state index in [4.69, 9.17) is 4.74 Å². The molecule has 28 heavy (non-hydrogen) atoms. The van der Waals surface area contributed by atoms with E-state index < -0.39 is 0 Å². The number of amides is 1. The Balaban J connectivity index is 1.50. The van der Waals surface area contributed by atoms with Gasteiger partial charge in [0.1, 0.15) is 6.33 Å². The van der Waals surface area contributed by atoms with Crippen molar-refractivity contribution in [3.05, 3.63) is 48.8 Å². The first kappa shape index (κ1) is 18.1. The Bertz CT molecular complexity index is 971. The fourth-order valence-electron chi connectivity index (χ4n) is 3.25. The molecule has 0 unspecified atom stereocenters. The van der Waals surface area contributed by atoms with Gasteiger partial charge in [-0.05, 0) is 38.1 Å². The number of anilines is 1. The smallest absolute Gasteiger partial charge is 0.291 e. The van der Waals surface area contributed by atoms with Gasteiger partial charge in [-0.1, -0.05) is 0 Å². The number of rotatable bonds is 4. The van der Waals surface area contributed by atoms with E-state index in [-0.39, 0.29) is 17.8 Å². The molecule has 1 aliphatic rings. The van der Waals surface area contributed by atoms with E-state index in [0.29, 0.717) is 19.0 Å². The van der Waals surface area contributed by atoms with E-state index in [9.17, 15) is 4.79 Å². The third kappa shape index (κ3) is 3.71. The molecule has 0 bridgehead atoms. The van der Waals surface area contributed by atoms with E-state index in [1.165, 1.54) is 6.33 Å². The fourth-order valence-corrected chi connectivity index (χ4v) is 3.25. The zero-order chi connectivity index (χ0) is 19.5. The molecule has 1 aliphatic heterocycles. The highest BCUT2D eigenvalue weighted by Crippen LogP contribution is 2.28. The minimum Gasteiger partial charge on any atom is -0.474 e. The lowest BCUT2D eigenvalue weighted by atomic mass is 10.2. The summed E-state index contributed by atoms with van der Waals surface area (Å²) in [6, 6.07) is 7.79. The maximum absolute atomic E-state index is 12.5. The van der Waals surface area contributed by atoms with Gasteiger partial charge in [0.2, 0.25) is 11.7 Å². The van der Waals surface area contributed by atoms with Crippen LogP contribution in [0.15, 0.2) is 43.0 Å². The van der Waals surface area contributed by atoms with Crippen molar-refractivity contribution in [2.45, 2.75) is 20.0 Å². The maximum atomic E-state index is 12.5. The van der Waals surface area contributed by atoms with Gasteiger partial charge in [0, 0.05) is 44.3 Å². The number of ether oxygens (including phenoxy) is 1. The Kier molecular flexibility index (Phi) is 5.01. The number of nitrogens with zero attached hydrogens (tertiary/aromatic N) is 6. The zero-order valence-electron chi connectivity index (χ0n) is 15.9. The molecular weight excluding hydrogens is 356 g/mol. The number of carbonyl (C=O) groups is 1. The average molecular weight is 378 g/mol. The Morgan fingerprint density at radius 3 is 2.50 bits per heavy atom. The van der Waals surface area contributed by atoms with Crippen molar-refractivity contribution >= 4 is 22.5 Å². The number of hydrogen-bond acceptors (Lipinski definition) is 7. The van der Waals surface area contributed by atoms with E-state index >= 15 is 0 Å². The SMILES string of the molecule is CC(C)Oc1ncnc2ccc(N3CCN(C(=O)c4ncccn4)CC3)cc12. The summed E-state index contributed by atoms with van der Waals surface area (Å²) < 4.78 is 5.83. The summed E-state index contributed by atoms with van der Waals surface area (Å²) >= 11 is 0. The van der Waals surface area contributed by atoms with E-state index in [0.717, 1.165) is 29.7 Å². The molecule has 0 saturated carbocycles. The fraction of sp³-hybridized carbons (Fsp3) is 0.350. The van der Waals surface area contributed by atoms with Crippen molar-refractivity contribution in [1.29, 1.82) is 0 Å². The Labute approximate surface area is 163 Å². The lowest BCUT2D eigenvalue weighted by Crippen LogP contribution is -2.49. The largest absolute Gasteiger partial charge is 0.474 e. The van der Waals surface area contributed by atoms with Crippen LogP contribution in [-0.2, 0) is 0 Å². The molecule has 0 radical (unpaired) electrons. The molecule has 0 aliphatic carbocycles. The highest BCUT2D eigenvalue weighted by Gasteiger charge is 2.24. The van der Waals surface area contributed by atoms with Crippen LogP contribution < -0.4 is 9.64 Å². The highest BCUT2D eigenvalue weighted by atomic mass is 16.5. The lowest BCUT2D eigenvalue weighted by molar-refractivity contribution is 0.0734. The Morgan fingerprint density at radius 2 is 1.79 bits per heavy atom. The minimum atomic E-state index is -0.125. The maximum Gasteiger partial charge on any atom is 0.291 e. The molecule has 0 atom stereocenters. The first-order chi connectivity index (χ1) is 13.6. The number of carbonyl (C=O) groups excluding carboxylic acids is 1. The minimum absolute atomic E-state index is 0.0384. The third-order valence-corrected chi connectivity index (χ3v) is 4.62. The first-order valence-corrected chi connectivity index (χ1v) is 9.34. The topological polar surface area (TPSA) is 84.3 Å². The zero-order valence-corrected chi connectivity index (χ0v) is 15.9. The summed E-state index contributed by atoms with van der Waals surface area (Å²) in [6.45, 7) is 6.66. The van der Waals surface area contributed by atoms with Crippen LogP contribution >= 0.6 is 0 Å².